The van der Waals surface area contributed by atoms with Gasteiger partial charge < -0.3 is 0 Å². The van der Waals surface area contributed by atoms with Crippen molar-refractivity contribution in [3.05, 3.63) is 34.9 Å². The van der Waals surface area contributed by atoms with Crippen molar-refractivity contribution in [2.24, 2.45) is 23.6 Å². The lowest BCUT2D eigenvalue weighted by Gasteiger charge is -2.35. The number of rotatable bonds is 4. The third-order valence-electron chi connectivity index (χ3n) is 5.30. The van der Waals surface area contributed by atoms with Gasteiger partial charge in [0.05, 0.1) is 0 Å². The predicted molar refractivity (Wildman–Crippen MR) is 86.3 cm³/mol. The minimum atomic E-state index is 0.308. The Bertz CT molecular complexity index is 431. The van der Waals surface area contributed by atoms with Crippen LogP contribution in [0.2, 0.25) is 0 Å². The first kappa shape index (κ1) is 15.5. The number of nitrogens with one attached hydrogen (secondary N) is 1. The number of aryl methyl sites for hydroxylation is 2. The van der Waals surface area contributed by atoms with Crippen molar-refractivity contribution in [3.63, 3.8) is 0 Å². The fourth-order valence-corrected chi connectivity index (χ4v) is 3.61. The van der Waals surface area contributed by atoms with Gasteiger partial charge in [0.1, 0.15) is 0 Å². The highest BCUT2D eigenvalue weighted by atomic mass is 15.2. The van der Waals surface area contributed by atoms with Crippen molar-refractivity contribution >= 4 is 0 Å². The summed E-state index contributed by atoms with van der Waals surface area (Å²) >= 11 is 0. The van der Waals surface area contributed by atoms with Crippen molar-refractivity contribution < 1.29 is 0 Å². The molecule has 2 nitrogen and oxygen atoms in total. The van der Waals surface area contributed by atoms with Crippen molar-refractivity contribution in [1.29, 1.82) is 0 Å². The maximum atomic E-state index is 5.87. The summed E-state index contributed by atoms with van der Waals surface area (Å²) in [4.78, 5) is 0. The molecule has 2 rings (SSSR count). The molecule has 0 heterocycles. The van der Waals surface area contributed by atoms with Crippen LogP contribution in [0.5, 0.6) is 0 Å². The lowest BCUT2D eigenvalue weighted by atomic mass is 9.73. The molecule has 1 aliphatic rings. The second kappa shape index (κ2) is 6.73. The van der Waals surface area contributed by atoms with E-state index in [0.29, 0.717) is 12.0 Å². The summed E-state index contributed by atoms with van der Waals surface area (Å²) in [7, 11) is 0. The molecule has 0 aliphatic heterocycles. The maximum absolute atomic E-state index is 5.87. The molecule has 0 bridgehead atoms. The zero-order chi connectivity index (χ0) is 14.7. The first-order chi connectivity index (χ1) is 9.52. The van der Waals surface area contributed by atoms with Gasteiger partial charge in [-0.2, -0.15) is 0 Å². The second-order valence-corrected chi connectivity index (χ2v) is 6.91. The van der Waals surface area contributed by atoms with Crippen LogP contribution in [0, 0.1) is 31.6 Å². The van der Waals surface area contributed by atoms with E-state index in [1.54, 1.807) is 0 Å². The van der Waals surface area contributed by atoms with E-state index in [9.17, 15) is 0 Å². The van der Waals surface area contributed by atoms with Crippen LogP contribution in [-0.4, -0.2) is 0 Å². The molecule has 1 fully saturated rings. The van der Waals surface area contributed by atoms with Gasteiger partial charge in [0.2, 0.25) is 0 Å². The number of hydrogen-bond donors (Lipinski definition) is 2. The summed E-state index contributed by atoms with van der Waals surface area (Å²) in [6, 6.07) is 7.06. The molecule has 0 spiro atoms. The number of benzene rings is 1. The highest BCUT2D eigenvalue weighted by Crippen LogP contribution is 2.39. The molecule has 0 aromatic heterocycles. The molecule has 1 atom stereocenters. The largest absolute Gasteiger partial charge is 0.271 e. The van der Waals surface area contributed by atoms with E-state index >= 15 is 0 Å². The summed E-state index contributed by atoms with van der Waals surface area (Å²) < 4.78 is 0. The van der Waals surface area contributed by atoms with Crippen molar-refractivity contribution in [2.45, 2.75) is 59.4 Å². The van der Waals surface area contributed by atoms with Gasteiger partial charge in [-0.3, -0.25) is 11.3 Å². The van der Waals surface area contributed by atoms with E-state index in [1.807, 2.05) is 0 Å². The second-order valence-electron chi connectivity index (χ2n) is 6.91. The number of hydrogen-bond acceptors (Lipinski definition) is 2. The van der Waals surface area contributed by atoms with Crippen LogP contribution in [0.3, 0.4) is 0 Å². The monoisotopic (exact) mass is 274 g/mol. The van der Waals surface area contributed by atoms with Crippen LogP contribution in [-0.2, 0) is 0 Å². The normalized spacial score (nSPS) is 24.9. The third kappa shape index (κ3) is 3.42. The number of hydrazine groups is 1. The lowest BCUT2D eigenvalue weighted by Crippen LogP contribution is -2.35. The molecule has 1 saturated carbocycles. The molecule has 0 saturated heterocycles. The van der Waals surface area contributed by atoms with Gasteiger partial charge in [-0.15, -0.1) is 0 Å². The van der Waals surface area contributed by atoms with Crippen LogP contribution >= 0.6 is 0 Å². The lowest BCUT2D eigenvalue weighted by molar-refractivity contribution is 0.189. The molecule has 1 aliphatic carbocycles. The fourth-order valence-electron chi connectivity index (χ4n) is 3.61. The SMILES string of the molecule is Cc1ccc(C(NN)C2CCC(C(C)C)CC2)cc1C. The molecule has 3 N–H and O–H groups in total. The molecule has 0 radical (unpaired) electrons. The van der Waals surface area contributed by atoms with Gasteiger partial charge in [0, 0.05) is 6.04 Å². The molecule has 1 unspecified atom stereocenters. The zero-order valence-electron chi connectivity index (χ0n) is 13.4. The van der Waals surface area contributed by atoms with Crippen LogP contribution in [0.1, 0.15) is 62.3 Å². The first-order valence-electron chi connectivity index (χ1n) is 8.06. The average molecular weight is 274 g/mol. The van der Waals surface area contributed by atoms with Gasteiger partial charge in [-0.1, -0.05) is 32.0 Å². The molecule has 1 aromatic rings. The molecular weight excluding hydrogens is 244 g/mol. The Kier molecular flexibility index (Phi) is 5.22. The summed E-state index contributed by atoms with van der Waals surface area (Å²) in [5, 5.41) is 0. The standard InChI is InChI=1S/C18H30N2/c1-12(2)15-7-9-16(10-8-15)18(20-19)17-6-5-13(3)14(4)11-17/h5-6,11-12,15-16,18,20H,7-10,19H2,1-4H3. The highest BCUT2D eigenvalue weighted by molar-refractivity contribution is 5.32. The van der Waals surface area contributed by atoms with Gasteiger partial charge >= 0.3 is 0 Å². The van der Waals surface area contributed by atoms with Crippen LogP contribution in [0.15, 0.2) is 18.2 Å². The minimum Gasteiger partial charge on any atom is -0.271 e. The van der Waals surface area contributed by atoms with Crippen LogP contribution in [0.4, 0.5) is 0 Å². The van der Waals surface area contributed by atoms with Gasteiger partial charge in [-0.25, -0.2) is 0 Å². The highest BCUT2D eigenvalue weighted by Gasteiger charge is 2.29. The zero-order valence-corrected chi connectivity index (χ0v) is 13.4. The van der Waals surface area contributed by atoms with E-state index in [-0.39, 0.29) is 0 Å². The Labute approximate surface area is 124 Å². The average Bonchev–Trinajstić information content (AvgIpc) is 2.44. The first-order valence-corrected chi connectivity index (χ1v) is 8.06. The molecular formula is C18H30N2. The Morgan fingerprint density at radius 3 is 2.10 bits per heavy atom. The quantitative estimate of drug-likeness (QED) is 0.635. The summed E-state index contributed by atoms with van der Waals surface area (Å²) in [6.07, 6.45) is 5.30. The topological polar surface area (TPSA) is 38.0 Å². The molecule has 112 valence electrons. The van der Waals surface area contributed by atoms with E-state index in [0.717, 1.165) is 11.8 Å². The van der Waals surface area contributed by atoms with Crippen molar-refractivity contribution in [3.8, 4) is 0 Å². The van der Waals surface area contributed by atoms with Gasteiger partial charge in [0.15, 0.2) is 0 Å². The Balaban J connectivity index is 2.07. The van der Waals surface area contributed by atoms with E-state index < -0.39 is 0 Å². The van der Waals surface area contributed by atoms with E-state index in [1.165, 1.54) is 42.4 Å². The smallest absolute Gasteiger partial charge is 0.0488 e. The Morgan fingerprint density at radius 1 is 1.00 bits per heavy atom. The molecule has 2 heteroatoms. The van der Waals surface area contributed by atoms with Crippen LogP contribution < -0.4 is 11.3 Å². The van der Waals surface area contributed by atoms with Crippen molar-refractivity contribution in [2.75, 3.05) is 0 Å². The Hall–Kier alpha value is -0.860. The number of nitrogens with two attached hydrogens (primary N) is 1. The van der Waals surface area contributed by atoms with E-state index in [2.05, 4.69) is 51.3 Å². The maximum Gasteiger partial charge on any atom is 0.0488 e. The predicted octanol–water partition coefficient (Wildman–Crippen LogP) is 4.27. The van der Waals surface area contributed by atoms with Gasteiger partial charge in [-0.05, 0) is 74.0 Å². The van der Waals surface area contributed by atoms with Crippen LogP contribution in [0.25, 0.3) is 0 Å². The molecule has 1 aromatic carbocycles. The Morgan fingerprint density at radius 2 is 1.60 bits per heavy atom. The molecule has 20 heavy (non-hydrogen) atoms. The minimum absolute atomic E-state index is 0.308. The van der Waals surface area contributed by atoms with Gasteiger partial charge in [0.25, 0.3) is 0 Å². The fraction of sp³-hybridized carbons (Fsp3) is 0.667. The van der Waals surface area contributed by atoms with Crippen molar-refractivity contribution in [1.82, 2.24) is 5.43 Å². The van der Waals surface area contributed by atoms with E-state index in [4.69, 9.17) is 5.84 Å². The summed E-state index contributed by atoms with van der Waals surface area (Å²) in [6.45, 7) is 9.06. The third-order valence-corrected chi connectivity index (χ3v) is 5.30. The summed E-state index contributed by atoms with van der Waals surface area (Å²) in [5.41, 5.74) is 7.14. The summed E-state index contributed by atoms with van der Waals surface area (Å²) in [5.74, 6) is 8.27. The molecule has 0 amide bonds.